The molecule has 0 aromatic heterocycles. The number of hydrogen-bond donors (Lipinski definition) is 0. The number of hydrogen-bond acceptors (Lipinski definition) is 5. The highest BCUT2D eigenvalue weighted by atomic mass is 16.6. The Morgan fingerprint density at radius 2 is 1.61 bits per heavy atom. The van der Waals surface area contributed by atoms with Crippen LogP contribution in [0, 0.1) is 11.3 Å². The molecule has 18 heavy (non-hydrogen) atoms. The van der Waals surface area contributed by atoms with Crippen LogP contribution in [0.25, 0.3) is 0 Å². The monoisotopic (exact) mass is 256 g/mol. The van der Waals surface area contributed by atoms with Crippen molar-refractivity contribution < 1.29 is 23.9 Å². The minimum Gasteiger partial charge on any atom is -0.465 e. The zero-order valence-electron chi connectivity index (χ0n) is 11.2. The molecule has 0 heterocycles. The molecule has 1 fully saturated rings. The van der Waals surface area contributed by atoms with Crippen LogP contribution >= 0.6 is 0 Å². The lowest BCUT2D eigenvalue weighted by Crippen LogP contribution is -2.32. The zero-order chi connectivity index (χ0) is 13.8. The molecule has 0 radical (unpaired) electrons. The highest BCUT2D eigenvalue weighted by Gasteiger charge is 2.67. The Hall–Kier alpha value is -1.39. The molecule has 102 valence electrons. The molecular formula is C13H20O5. The number of Topliss-reactive ketones (excluding diaryl/α,β-unsaturated/α-hetero) is 1. The molecule has 5 heteroatoms. The van der Waals surface area contributed by atoms with Crippen LogP contribution in [0.4, 0.5) is 0 Å². The van der Waals surface area contributed by atoms with Crippen LogP contribution in [0.5, 0.6) is 0 Å². The molecule has 1 unspecified atom stereocenters. The highest BCUT2D eigenvalue weighted by Crippen LogP contribution is 2.56. The zero-order valence-corrected chi connectivity index (χ0v) is 11.2. The van der Waals surface area contributed by atoms with Crippen molar-refractivity contribution >= 4 is 17.7 Å². The Morgan fingerprint density at radius 3 is 2.00 bits per heavy atom. The maximum absolute atomic E-state index is 11.9. The van der Waals surface area contributed by atoms with E-state index < -0.39 is 17.4 Å². The smallest absolute Gasteiger partial charge is 0.323 e. The Labute approximate surface area is 107 Å². The summed E-state index contributed by atoms with van der Waals surface area (Å²) in [6.45, 7) is 5.37. The van der Waals surface area contributed by atoms with Crippen molar-refractivity contribution in [1.29, 1.82) is 0 Å². The first-order valence-electron chi connectivity index (χ1n) is 6.32. The summed E-state index contributed by atoms with van der Waals surface area (Å²) in [5.74, 6) is -1.10. The molecular weight excluding hydrogens is 236 g/mol. The topological polar surface area (TPSA) is 69.7 Å². The lowest BCUT2D eigenvalue weighted by molar-refractivity contribution is -0.165. The second-order valence-corrected chi connectivity index (χ2v) is 4.55. The quantitative estimate of drug-likeness (QED) is 0.510. The lowest BCUT2D eigenvalue weighted by Gasteiger charge is -2.14. The van der Waals surface area contributed by atoms with Crippen molar-refractivity contribution in [1.82, 2.24) is 0 Å². The minimum absolute atomic E-state index is 0.0588. The van der Waals surface area contributed by atoms with E-state index in [1.54, 1.807) is 13.8 Å². The number of rotatable bonds is 7. The third-order valence-electron chi connectivity index (χ3n) is 3.23. The van der Waals surface area contributed by atoms with Gasteiger partial charge >= 0.3 is 11.9 Å². The van der Waals surface area contributed by atoms with Gasteiger partial charge in [0.2, 0.25) is 0 Å². The number of carbonyl (C=O) groups excluding carboxylic acids is 3. The molecule has 0 N–H and O–H groups in total. The van der Waals surface area contributed by atoms with Crippen molar-refractivity contribution in [3.63, 3.8) is 0 Å². The molecule has 1 saturated carbocycles. The van der Waals surface area contributed by atoms with Crippen LogP contribution in [-0.2, 0) is 23.9 Å². The SMILES string of the molecule is CCOC(=O)C1(C(=O)OCC)CC1CCC(C)=O. The van der Waals surface area contributed by atoms with Crippen LogP contribution in [0.1, 0.15) is 40.0 Å². The number of ketones is 1. The average molecular weight is 256 g/mol. The van der Waals surface area contributed by atoms with Crippen LogP contribution < -0.4 is 0 Å². The van der Waals surface area contributed by atoms with Gasteiger partial charge in [-0.1, -0.05) is 0 Å². The van der Waals surface area contributed by atoms with E-state index in [0.717, 1.165) is 0 Å². The summed E-state index contributed by atoms with van der Waals surface area (Å²) in [4.78, 5) is 34.7. The van der Waals surface area contributed by atoms with E-state index in [0.29, 0.717) is 19.3 Å². The molecule has 0 spiro atoms. The second-order valence-electron chi connectivity index (χ2n) is 4.55. The molecule has 0 amide bonds. The van der Waals surface area contributed by atoms with Gasteiger partial charge in [0.1, 0.15) is 5.78 Å². The lowest BCUT2D eigenvalue weighted by atomic mass is 10.0. The molecule has 0 aliphatic heterocycles. The summed E-state index contributed by atoms with van der Waals surface area (Å²) < 4.78 is 9.90. The first-order valence-corrected chi connectivity index (χ1v) is 6.32. The Morgan fingerprint density at radius 1 is 1.11 bits per heavy atom. The van der Waals surface area contributed by atoms with Crippen molar-refractivity contribution in [3.8, 4) is 0 Å². The third kappa shape index (κ3) is 2.89. The van der Waals surface area contributed by atoms with Crippen molar-refractivity contribution in [2.75, 3.05) is 13.2 Å². The van der Waals surface area contributed by atoms with Gasteiger partial charge in [-0.15, -0.1) is 0 Å². The minimum atomic E-state index is -1.15. The number of carbonyl (C=O) groups is 3. The van der Waals surface area contributed by atoms with Crippen molar-refractivity contribution in [3.05, 3.63) is 0 Å². The standard InChI is InChI=1S/C13H20O5/c1-4-17-11(15)13(12(16)18-5-2)8-10(13)7-6-9(3)14/h10H,4-8H2,1-3H3. The fourth-order valence-corrected chi connectivity index (χ4v) is 2.16. The summed E-state index contributed by atoms with van der Waals surface area (Å²) >= 11 is 0. The molecule has 0 bridgehead atoms. The molecule has 1 aliphatic carbocycles. The Bertz CT molecular complexity index is 329. The van der Waals surface area contributed by atoms with E-state index in [4.69, 9.17) is 9.47 Å². The van der Waals surface area contributed by atoms with Crippen LogP contribution in [0.15, 0.2) is 0 Å². The van der Waals surface area contributed by atoms with E-state index >= 15 is 0 Å². The van der Waals surface area contributed by atoms with Gasteiger partial charge in [-0.2, -0.15) is 0 Å². The largest absolute Gasteiger partial charge is 0.465 e. The Balaban J connectivity index is 2.70. The molecule has 1 atom stereocenters. The molecule has 1 rings (SSSR count). The van der Waals surface area contributed by atoms with Gasteiger partial charge in [0.25, 0.3) is 0 Å². The second kappa shape index (κ2) is 5.98. The van der Waals surface area contributed by atoms with E-state index in [9.17, 15) is 14.4 Å². The molecule has 0 aromatic carbocycles. The molecule has 1 aliphatic rings. The van der Waals surface area contributed by atoms with Gasteiger partial charge in [-0.3, -0.25) is 9.59 Å². The van der Waals surface area contributed by atoms with E-state index in [2.05, 4.69) is 0 Å². The Kier molecular flexibility index (Phi) is 4.87. The predicted molar refractivity (Wildman–Crippen MR) is 63.7 cm³/mol. The number of esters is 2. The molecule has 0 aromatic rings. The first kappa shape index (κ1) is 14.7. The fraction of sp³-hybridized carbons (Fsp3) is 0.769. The fourth-order valence-electron chi connectivity index (χ4n) is 2.16. The van der Waals surface area contributed by atoms with Crippen LogP contribution in [0.2, 0.25) is 0 Å². The van der Waals surface area contributed by atoms with Gasteiger partial charge in [-0.25, -0.2) is 0 Å². The van der Waals surface area contributed by atoms with Gasteiger partial charge in [-0.05, 0) is 39.5 Å². The average Bonchev–Trinajstić information content (AvgIpc) is 3.03. The van der Waals surface area contributed by atoms with Crippen LogP contribution in [-0.4, -0.2) is 30.9 Å². The summed E-state index contributed by atoms with van der Waals surface area (Å²) in [6.07, 6.45) is 1.34. The maximum atomic E-state index is 11.9. The normalized spacial score (nSPS) is 20.1. The number of ether oxygens (including phenoxy) is 2. The van der Waals surface area contributed by atoms with Crippen LogP contribution in [0.3, 0.4) is 0 Å². The summed E-state index contributed by atoms with van der Waals surface area (Å²) in [5.41, 5.74) is -1.15. The summed E-state index contributed by atoms with van der Waals surface area (Å²) in [7, 11) is 0. The van der Waals surface area contributed by atoms with Gasteiger partial charge in [0.15, 0.2) is 5.41 Å². The third-order valence-corrected chi connectivity index (χ3v) is 3.23. The molecule has 0 saturated heterocycles. The predicted octanol–water partition coefficient (Wildman–Crippen LogP) is 1.49. The van der Waals surface area contributed by atoms with Gasteiger partial charge < -0.3 is 14.3 Å². The summed E-state index contributed by atoms with van der Waals surface area (Å²) in [6, 6.07) is 0. The first-order chi connectivity index (χ1) is 8.48. The molecule has 5 nitrogen and oxygen atoms in total. The van der Waals surface area contributed by atoms with Gasteiger partial charge in [0, 0.05) is 6.42 Å². The van der Waals surface area contributed by atoms with E-state index in [-0.39, 0.29) is 24.9 Å². The van der Waals surface area contributed by atoms with E-state index in [1.165, 1.54) is 6.92 Å². The van der Waals surface area contributed by atoms with Crippen molar-refractivity contribution in [2.24, 2.45) is 11.3 Å². The van der Waals surface area contributed by atoms with Crippen molar-refractivity contribution in [2.45, 2.75) is 40.0 Å². The summed E-state index contributed by atoms with van der Waals surface area (Å²) in [5, 5.41) is 0. The maximum Gasteiger partial charge on any atom is 0.323 e. The van der Waals surface area contributed by atoms with Gasteiger partial charge in [0.05, 0.1) is 13.2 Å². The highest BCUT2D eigenvalue weighted by molar-refractivity contribution is 6.03. The van der Waals surface area contributed by atoms with E-state index in [1.807, 2.05) is 0 Å².